The Labute approximate surface area is 123 Å². The lowest BCUT2D eigenvalue weighted by atomic mass is 9.91. The predicted octanol–water partition coefficient (Wildman–Crippen LogP) is 2.57. The molecule has 20 heavy (non-hydrogen) atoms. The molecule has 0 aliphatic carbocycles. The molecule has 112 valence electrons. The average molecular weight is 276 g/mol. The molecule has 3 heteroatoms. The van der Waals surface area contributed by atoms with Crippen molar-refractivity contribution in [2.24, 2.45) is 5.92 Å². The molecule has 2 unspecified atom stereocenters. The number of nitrogens with one attached hydrogen (secondary N) is 1. The Morgan fingerprint density at radius 3 is 2.65 bits per heavy atom. The Kier molecular flexibility index (Phi) is 5.86. The fourth-order valence-corrected chi connectivity index (χ4v) is 3.00. The zero-order valence-corrected chi connectivity index (χ0v) is 12.8. The predicted molar refractivity (Wildman–Crippen MR) is 85.3 cm³/mol. The highest BCUT2D eigenvalue weighted by Crippen LogP contribution is 2.25. The molecular weight excluding hydrogens is 248 g/mol. The van der Waals surface area contributed by atoms with Crippen LogP contribution in [0.1, 0.15) is 31.7 Å². The van der Waals surface area contributed by atoms with Crippen LogP contribution >= 0.6 is 0 Å². The molecule has 3 nitrogen and oxygen atoms in total. The SMILES string of the molecule is CCC1CC(NCCCO)CN(c2ccc(C)cc2)C1. The lowest BCUT2D eigenvalue weighted by Gasteiger charge is -2.39. The lowest BCUT2D eigenvalue weighted by Crippen LogP contribution is -2.49. The van der Waals surface area contributed by atoms with E-state index in [9.17, 15) is 0 Å². The number of benzene rings is 1. The van der Waals surface area contributed by atoms with Gasteiger partial charge in [0.1, 0.15) is 0 Å². The molecule has 1 saturated heterocycles. The third kappa shape index (κ3) is 4.22. The van der Waals surface area contributed by atoms with Crippen molar-refractivity contribution in [3.05, 3.63) is 29.8 Å². The zero-order chi connectivity index (χ0) is 14.4. The normalized spacial score (nSPS) is 23.1. The van der Waals surface area contributed by atoms with Crippen LogP contribution in [0.15, 0.2) is 24.3 Å². The monoisotopic (exact) mass is 276 g/mol. The minimum absolute atomic E-state index is 0.276. The Bertz CT molecular complexity index is 390. The Balaban J connectivity index is 1.98. The minimum Gasteiger partial charge on any atom is -0.396 e. The summed E-state index contributed by atoms with van der Waals surface area (Å²) in [4.78, 5) is 2.51. The second kappa shape index (κ2) is 7.65. The second-order valence-corrected chi connectivity index (χ2v) is 5.98. The van der Waals surface area contributed by atoms with E-state index >= 15 is 0 Å². The maximum Gasteiger partial charge on any atom is 0.0443 e. The van der Waals surface area contributed by atoms with E-state index in [-0.39, 0.29) is 6.61 Å². The molecule has 1 aromatic rings. The van der Waals surface area contributed by atoms with Crippen LogP contribution in [0.25, 0.3) is 0 Å². The van der Waals surface area contributed by atoms with Crippen molar-refractivity contribution < 1.29 is 5.11 Å². The van der Waals surface area contributed by atoms with Crippen LogP contribution in [0, 0.1) is 12.8 Å². The maximum absolute atomic E-state index is 8.90. The molecule has 1 fully saturated rings. The van der Waals surface area contributed by atoms with Crippen molar-refractivity contribution in [1.82, 2.24) is 5.32 Å². The van der Waals surface area contributed by atoms with E-state index in [1.807, 2.05) is 0 Å². The number of piperidine rings is 1. The standard InChI is InChI=1S/C17H28N2O/c1-3-15-11-16(18-9-4-10-20)13-19(12-15)17-7-5-14(2)6-8-17/h5-8,15-16,18,20H,3-4,9-13H2,1-2H3. The van der Waals surface area contributed by atoms with Crippen LogP contribution in [0.2, 0.25) is 0 Å². The molecule has 1 heterocycles. The van der Waals surface area contributed by atoms with Gasteiger partial charge in [-0.05, 0) is 44.4 Å². The molecule has 0 bridgehead atoms. The topological polar surface area (TPSA) is 35.5 Å². The summed E-state index contributed by atoms with van der Waals surface area (Å²) < 4.78 is 0. The van der Waals surface area contributed by atoms with E-state index in [0.717, 1.165) is 32.0 Å². The second-order valence-electron chi connectivity index (χ2n) is 5.98. The van der Waals surface area contributed by atoms with Gasteiger partial charge in [0.25, 0.3) is 0 Å². The van der Waals surface area contributed by atoms with Gasteiger partial charge in [-0.1, -0.05) is 31.0 Å². The first-order chi connectivity index (χ1) is 9.72. The van der Waals surface area contributed by atoms with Crippen LogP contribution in [-0.4, -0.2) is 37.4 Å². The highest BCUT2D eigenvalue weighted by Gasteiger charge is 2.25. The van der Waals surface area contributed by atoms with Gasteiger partial charge < -0.3 is 15.3 Å². The minimum atomic E-state index is 0.276. The first-order valence-electron chi connectivity index (χ1n) is 7.88. The first-order valence-corrected chi connectivity index (χ1v) is 7.88. The van der Waals surface area contributed by atoms with Crippen LogP contribution < -0.4 is 10.2 Å². The summed E-state index contributed by atoms with van der Waals surface area (Å²) >= 11 is 0. The molecule has 2 rings (SSSR count). The van der Waals surface area contributed by atoms with Gasteiger partial charge in [0.15, 0.2) is 0 Å². The van der Waals surface area contributed by atoms with Crippen molar-refractivity contribution in [1.29, 1.82) is 0 Å². The van der Waals surface area contributed by atoms with E-state index in [0.29, 0.717) is 6.04 Å². The Morgan fingerprint density at radius 1 is 1.25 bits per heavy atom. The molecule has 0 spiro atoms. The molecule has 0 amide bonds. The fourth-order valence-electron chi connectivity index (χ4n) is 3.00. The Hall–Kier alpha value is -1.06. The van der Waals surface area contributed by atoms with E-state index < -0.39 is 0 Å². The first kappa shape index (κ1) is 15.3. The van der Waals surface area contributed by atoms with Crippen molar-refractivity contribution in [2.45, 2.75) is 39.2 Å². The van der Waals surface area contributed by atoms with E-state index in [1.165, 1.54) is 24.1 Å². The number of hydrogen-bond acceptors (Lipinski definition) is 3. The molecule has 0 saturated carbocycles. The smallest absolute Gasteiger partial charge is 0.0443 e. The van der Waals surface area contributed by atoms with Crippen LogP contribution in [0.4, 0.5) is 5.69 Å². The number of aliphatic hydroxyl groups is 1. The third-order valence-corrected chi connectivity index (χ3v) is 4.28. The summed E-state index contributed by atoms with van der Waals surface area (Å²) in [7, 11) is 0. The van der Waals surface area contributed by atoms with Crippen molar-refractivity contribution in [3.8, 4) is 0 Å². The molecule has 1 aromatic carbocycles. The maximum atomic E-state index is 8.90. The van der Waals surface area contributed by atoms with Gasteiger partial charge in [-0.3, -0.25) is 0 Å². The number of rotatable bonds is 6. The fraction of sp³-hybridized carbons (Fsp3) is 0.647. The molecule has 2 atom stereocenters. The zero-order valence-electron chi connectivity index (χ0n) is 12.8. The van der Waals surface area contributed by atoms with Gasteiger partial charge in [-0.25, -0.2) is 0 Å². The van der Waals surface area contributed by atoms with E-state index in [4.69, 9.17) is 5.11 Å². The van der Waals surface area contributed by atoms with Crippen molar-refractivity contribution in [2.75, 3.05) is 31.1 Å². The summed E-state index contributed by atoms with van der Waals surface area (Å²) in [5.74, 6) is 0.761. The summed E-state index contributed by atoms with van der Waals surface area (Å²) in [6.45, 7) is 7.85. The molecule has 1 aliphatic heterocycles. The summed E-state index contributed by atoms with van der Waals surface area (Å²) in [6, 6.07) is 9.40. The number of anilines is 1. The largest absolute Gasteiger partial charge is 0.396 e. The van der Waals surface area contributed by atoms with Crippen molar-refractivity contribution in [3.63, 3.8) is 0 Å². The van der Waals surface area contributed by atoms with Gasteiger partial charge in [-0.2, -0.15) is 0 Å². The molecular formula is C17H28N2O. The highest BCUT2D eigenvalue weighted by molar-refractivity contribution is 5.48. The van der Waals surface area contributed by atoms with Gasteiger partial charge in [0, 0.05) is 31.4 Å². The summed E-state index contributed by atoms with van der Waals surface area (Å²) in [6.07, 6.45) is 3.34. The third-order valence-electron chi connectivity index (χ3n) is 4.28. The summed E-state index contributed by atoms with van der Waals surface area (Å²) in [5, 5.41) is 12.5. The van der Waals surface area contributed by atoms with Crippen LogP contribution in [-0.2, 0) is 0 Å². The summed E-state index contributed by atoms with van der Waals surface area (Å²) in [5.41, 5.74) is 2.65. The molecule has 2 N–H and O–H groups in total. The molecule has 0 aromatic heterocycles. The average Bonchev–Trinajstić information content (AvgIpc) is 2.48. The van der Waals surface area contributed by atoms with Gasteiger partial charge in [0.05, 0.1) is 0 Å². The number of nitrogens with zero attached hydrogens (tertiary/aromatic N) is 1. The number of aliphatic hydroxyl groups excluding tert-OH is 1. The van der Waals surface area contributed by atoms with E-state index in [2.05, 4.69) is 48.3 Å². The highest BCUT2D eigenvalue weighted by atomic mass is 16.3. The van der Waals surface area contributed by atoms with Crippen LogP contribution in [0.5, 0.6) is 0 Å². The quantitative estimate of drug-likeness (QED) is 0.784. The van der Waals surface area contributed by atoms with Crippen molar-refractivity contribution >= 4 is 5.69 Å². The Morgan fingerprint density at radius 2 is 2.00 bits per heavy atom. The van der Waals surface area contributed by atoms with Gasteiger partial charge in [0.2, 0.25) is 0 Å². The number of aryl methyl sites for hydroxylation is 1. The number of hydrogen-bond donors (Lipinski definition) is 2. The van der Waals surface area contributed by atoms with Crippen LogP contribution in [0.3, 0.4) is 0 Å². The van der Waals surface area contributed by atoms with E-state index in [1.54, 1.807) is 0 Å². The molecule has 0 radical (unpaired) electrons. The van der Waals surface area contributed by atoms with Gasteiger partial charge in [-0.15, -0.1) is 0 Å². The molecule has 1 aliphatic rings. The van der Waals surface area contributed by atoms with Gasteiger partial charge >= 0.3 is 0 Å². The lowest BCUT2D eigenvalue weighted by molar-refractivity contribution is 0.273.